The smallest absolute Gasteiger partial charge is 0.262 e. The second kappa shape index (κ2) is 24.8. The molecule has 97 heavy (non-hydrogen) atoms. The van der Waals surface area contributed by atoms with E-state index in [0.29, 0.717) is 19.6 Å². The lowest BCUT2D eigenvalue weighted by Gasteiger charge is -2.33. The summed E-state index contributed by atoms with van der Waals surface area (Å²) in [7, 11) is 0. The molecule has 4 aliphatic rings. The fraction of sp³-hybridized carbons (Fsp3) is 0.133. The van der Waals surface area contributed by atoms with Crippen molar-refractivity contribution >= 4 is 127 Å². The Morgan fingerprint density at radius 3 is 0.649 bits per heavy atom. The SMILES string of the molecule is O=C1c2cc(Cl)c3c4c(c(Cl)c(Cl)c(c24)C(=O)N1CCc1c(F)c(F)c(F)c(F)c1F)C(=O)N(CCc1c(F)c(F)c(F)c(F)c1F)C3=O.O=C1c2cc(Cl)c3c4c(c(Cl)cc(c24)C(=O)N1CCc1c(F)c(F)c(F)c(F)c1F)C(=O)N(CCc1c(F)c(F)c(F)c(F)c1F)C3=O. The first kappa shape index (κ1) is 69.2. The van der Waals surface area contributed by atoms with Crippen molar-refractivity contribution in [2.75, 3.05) is 26.2 Å². The molecule has 0 unspecified atom stereocenters. The summed E-state index contributed by atoms with van der Waals surface area (Å²) in [5.41, 5.74) is -9.62. The molecule has 4 aliphatic heterocycles. The molecule has 0 atom stereocenters. The van der Waals surface area contributed by atoms with E-state index in [2.05, 4.69) is 0 Å². The van der Waals surface area contributed by atoms with Crippen LogP contribution in [-0.2, 0) is 25.7 Å². The van der Waals surface area contributed by atoms with Crippen LogP contribution in [-0.4, -0.2) is 93.0 Å². The number of rotatable bonds is 12. The number of hydrogen-bond acceptors (Lipinski definition) is 8. The van der Waals surface area contributed by atoms with E-state index in [9.17, 15) is 126 Å². The van der Waals surface area contributed by atoms with Crippen LogP contribution in [0, 0.1) is 116 Å². The van der Waals surface area contributed by atoms with Crippen LogP contribution in [0.5, 0.6) is 0 Å². The molecule has 4 heterocycles. The Labute approximate surface area is 548 Å². The highest BCUT2D eigenvalue weighted by molar-refractivity contribution is 6.52. The van der Waals surface area contributed by atoms with Gasteiger partial charge in [0, 0.05) is 70.0 Å². The van der Waals surface area contributed by atoms with Crippen molar-refractivity contribution in [1.29, 1.82) is 0 Å². The molecule has 0 radical (unpaired) electrons. The van der Waals surface area contributed by atoms with Gasteiger partial charge in [0.05, 0.1) is 69.6 Å². The second-order valence-corrected chi connectivity index (χ2v) is 22.9. The van der Waals surface area contributed by atoms with Gasteiger partial charge in [-0.3, -0.25) is 58.0 Å². The fourth-order valence-electron chi connectivity index (χ4n) is 11.4. The summed E-state index contributed by atoms with van der Waals surface area (Å²) >= 11 is 31.7. The van der Waals surface area contributed by atoms with Crippen molar-refractivity contribution in [3.05, 3.63) is 226 Å². The van der Waals surface area contributed by atoms with Crippen molar-refractivity contribution in [3.8, 4) is 0 Å². The zero-order valence-corrected chi connectivity index (χ0v) is 50.2. The topological polar surface area (TPSA) is 150 Å². The van der Waals surface area contributed by atoms with Gasteiger partial charge in [-0.2, -0.15) is 0 Å². The van der Waals surface area contributed by atoms with Crippen LogP contribution in [0.3, 0.4) is 0 Å². The lowest BCUT2D eigenvalue weighted by molar-refractivity contribution is 0.0590. The highest BCUT2D eigenvalue weighted by Gasteiger charge is 2.47. The predicted molar refractivity (Wildman–Crippen MR) is 294 cm³/mol. The molecule has 8 aromatic rings. The van der Waals surface area contributed by atoms with Crippen LogP contribution in [0.25, 0.3) is 21.5 Å². The summed E-state index contributed by atoms with van der Waals surface area (Å²) < 4.78 is 278. The van der Waals surface area contributed by atoms with Gasteiger partial charge in [0.1, 0.15) is 0 Å². The quantitative estimate of drug-likeness (QED) is 0.0508. The molecular weight excluding hydrogens is 1460 g/mol. The lowest BCUT2D eigenvalue weighted by Crippen LogP contribution is -2.45. The van der Waals surface area contributed by atoms with Gasteiger partial charge in [-0.15, -0.1) is 0 Å². The number of hydrogen-bond donors (Lipinski definition) is 0. The molecule has 0 spiro atoms. The maximum Gasteiger partial charge on any atom is 0.262 e. The highest BCUT2D eigenvalue weighted by atomic mass is 35.5. The van der Waals surface area contributed by atoms with Crippen LogP contribution < -0.4 is 0 Å². The predicted octanol–water partition coefficient (Wildman–Crippen LogP) is 15.1. The molecule has 0 fully saturated rings. The zero-order chi connectivity index (χ0) is 71.4. The summed E-state index contributed by atoms with van der Waals surface area (Å²) in [5.74, 6) is -55.6. The second-order valence-electron chi connectivity index (χ2n) is 21.0. The number of halogens is 25. The highest BCUT2D eigenvalue weighted by Crippen LogP contribution is 2.49. The van der Waals surface area contributed by atoms with Crippen LogP contribution in [0.1, 0.15) is 105 Å². The van der Waals surface area contributed by atoms with E-state index in [4.69, 9.17) is 58.0 Å². The minimum absolute atomic E-state index is 0.314. The van der Waals surface area contributed by atoms with Gasteiger partial charge in [0.25, 0.3) is 47.3 Å². The Balaban J connectivity index is 0.000000197. The van der Waals surface area contributed by atoms with Crippen molar-refractivity contribution in [2.24, 2.45) is 0 Å². The average molecular weight is 1480 g/mol. The van der Waals surface area contributed by atoms with Crippen molar-refractivity contribution < 1.29 is 126 Å². The average Bonchev–Trinajstić information content (AvgIpc) is 0.701. The van der Waals surface area contributed by atoms with Gasteiger partial charge in [0.2, 0.25) is 23.3 Å². The molecule has 502 valence electrons. The summed E-state index contributed by atoms with van der Waals surface area (Å²) in [5, 5.41) is -4.71. The monoisotopic (exact) mass is 1480 g/mol. The summed E-state index contributed by atoms with van der Waals surface area (Å²) in [6, 6.07) is 2.61. The molecule has 0 bridgehead atoms. The Bertz CT molecular complexity index is 4950. The molecule has 37 heteroatoms. The van der Waals surface area contributed by atoms with E-state index in [0.717, 1.165) is 18.2 Å². The van der Waals surface area contributed by atoms with Crippen molar-refractivity contribution in [1.82, 2.24) is 19.6 Å². The summed E-state index contributed by atoms with van der Waals surface area (Å²) in [6.07, 6.45) is -4.25. The van der Waals surface area contributed by atoms with Gasteiger partial charge in [-0.25, -0.2) is 87.8 Å². The van der Waals surface area contributed by atoms with E-state index in [1.54, 1.807) is 0 Å². The number of carbonyl (C=O) groups is 8. The Morgan fingerprint density at radius 1 is 0.227 bits per heavy atom. The van der Waals surface area contributed by atoms with Crippen LogP contribution >= 0.6 is 58.0 Å². The van der Waals surface area contributed by atoms with Gasteiger partial charge in [-0.05, 0) is 43.9 Å². The molecule has 0 saturated heterocycles. The van der Waals surface area contributed by atoms with Gasteiger partial charge in [-0.1, -0.05) is 58.0 Å². The molecule has 0 saturated carbocycles. The fourth-order valence-corrected chi connectivity index (χ4v) is 12.8. The number of amides is 8. The number of benzene rings is 8. The van der Waals surface area contributed by atoms with E-state index >= 15 is 0 Å². The lowest BCUT2D eigenvalue weighted by atomic mass is 9.85. The van der Waals surface area contributed by atoms with E-state index in [1.165, 1.54) is 0 Å². The molecule has 0 aliphatic carbocycles. The first-order valence-electron chi connectivity index (χ1n) is 26.6. The number of imide groups is 4. The maximum absolute atomic E-state index is 14.3. The van der Waals surface area contributed by atoms with Gasteiger partial charge in [0.15, 0.2) is 93.1 Å². The molecule has 0 N–H and O–H groups in total. The summed E-state index contributed by atoms with van der Waals surface area (Å²) in [6.45, 7) is -3.83. The number of carbonyl (C=O) groups excluding carboxylic acids is 8. The van der Waals surface area contributed by atoms with Gasteiger partial charge >= 0.3 is 0 Å². The summed E-state index contributed by atoms with van der Waals surface area (Å²) in [4.78, 5) is 110. The van der Waals surface area contributed by atoms with Crippen LogP contribution in [0.2, 0.25) is 25.1 Å². The third-order valence-electron chi connectivity index (χ3n) is 16.0. The minimum Gasteiger partial charge on any atom is -0.274 e. The maximum atomic E-state index is 14.3. The Kier molecular flexibility index (Phi) is 17.7. The van der Waals surface area contributed by atoms with Crippen LogP contribution in [0.4, 0.5) is 87.8 Å². The largest absolute Gasteiger partial charge is 0.274 e. The molecule has 12 rings (SSSR count). The van der Waals surface area contributed by atoms with E-state index in [1.807, 2.05) is 0 Å². The molecule has 0 aromatic heterocycles. The molecule has 12 nitrogen and oxygen atoms in total. The Hall–Kier alpha value is -9.11. The molecule has 8 aromatic carbocycles. The Morgan fingerprint density at radius 2 is 0.402 bits per heavy atom. The minimum atomic E-state index is -2.44. The molecular formula is C60H19Cl5F20N4O8. The van der Waals surface area contributed by atoms with Crippen LogP contribution in [0.15, 0.2) is 18.2 Å². The normalized spacial score (nSPS) is 14.2. The number of nitrogens with zero attached hydrogens (tertiary/aromatic N) is 4. The van der Waals surface area contributed by atoms with Crippen molar-refractivity contribution in [2.45, 2.75) is 25.7 Å². The standard InChI is InChI=1S/C30H9Cl3F10N2O4.C30H10Cl2F10N2O4/c31-9-5-8-10-12-11(9)28(47)45(4-2-7-19(36)23(40)26(43)24(41)20(7)37)30(49)14(12)16(33)15(32)13(10)29(48)44(27(8)46)3-1-6-17(34)21(38)25(42)22(39)18(6)35;31-11-5-9-13-10(28(46)43(27(9)45)3-1-7-17(33)21(37)25(41)22(38)18(7)34)6-12(32)15-16(13)14(11)29(47)44(30(15)48)4-2-8-19(35)23(39)26(42)24(40)20(8)36/h5H,1-4H2;5-6H,1-4H2. The first-order chi connectivity index (χ1) is 45.4. The first-order valence-corrected chi connectivity index (χ1v) is 28.4. The van der Waals surface area contributed by atoms with Crippen molar-refractivity contribution in [3.63, 3.8) is 0 Å². The van der Waals surface area contributed by atoms with Gasteiger partial charge < -0.3 is 0 Å². The third-order valence-corrected chi connectivity index (χ3v) is 17.7. The van der Waals surface area contributed by atoms with E-state index < -0.39 is 323 Å². The molecule has 8 amide bonds. The third kappa shape index (κ3) is 10.3. The zero-order valence-electron chi connectivity index (χ0n) is 46.4. The van der Waals surface area contributed by atoms with E-state index in [-0.39, 0.29) is 5.39 Å².